The molecule has 6 nitrogen and oxygen atoms in total. The van der Waals surface area contributed by atoms with Crippen molar-refractivity contribution in [1.29, 1.82) is 0 Å². The highest BCUT2D eigenvalue weighted by molar-refractivity contribution is 6.15. The van der Waals surface area contributed by atoms with Gasteiger partial charge in [0, 0.05) is 5.56 Å². The molecule has 1 aromatic heterocycles. The van der Waals surface area contributed by atoms with Crippen LogP contribution < -0.4 is 9.47 Å². The van der Waals surface area contributed by atoms with Crippen LogP contribution in [0.4, 0.5) is 0 Å². The second-order valence-electron chi connectivity index (χ2n) is 5.21. The summed E-state index contributed by atoms with van der Waals surface area (Å²) in [5.74, 6) is -0.576. The van der Waals surface area contributed by atoms with Crippen molar-refractivity contribution < 1.29 is 28.9 Å². The van der Waals surface area contributed by atoms with Crippen molar-refractivity contribution >= 4 is 22.8 Å². The van der Waals surface area contributed by atoms with Crippen molar-refractivity contribution in [2.24, 2.45) is 0 Å². The van der Waals surface area contributed by atoms with E-state index in [9.17, 15) is 15.0 Å². The fourth-order valence-corrected chi connectivity index (χ4v) is 2.63. The zero-order valence-corrected chi connectivity index (χ0v) is 13.6. The molecule has 2 N–H and O–H groups in total. The molecule has 0 saturated carbocycles. The van der Waals surface area contributed by atoms with Gasteiger partial charge in [-0.25, -0.2) is 0 Å². The molecule has 25 heavy (non-hydrogen) atoms. The maximum atomic E-state index is 12.7. The van der Waals surface area contributed by atoms with Gasteiger partial charge in [0.25, 0.3) is 0 Å². The van der Waals surface area contributed by atoms with Gasteiger partial charge >= 0.3 is 0 Å². The maximum Gasteiger partial charge on any atom is 0.205 e. The van der Waals surface area contributed by atoms with Gasteiger partial charge in [0.15, 0.2) is 17.1 Å². The number of ether oxygens (including phenoxy) is 2. The highest BCUT2D eigenvalue weighted by Gasteiger charge is 2.26. The number of hydrogen-bond donors (Lipinski definition) is 2. The third-order valence-corrected chi connectivity index (χ3v) is 3.80. The number of phenols is 2. The fraction of sp³-hybridized carbons (Fsp3) is 0.105. The molecule has 3 aromatic rings. The molecule has 0 fully saturated rings. The average Bonchev–Trinajstić information content (AvgIpc) is 3.09. The van der Waals surface area contributed by atoms with Crippen molar-refractivity contribution in [3.8, 4) is 23.0 Å². The highest BCUT2D eigenvalue weighted by Crippen LogP contribution is 2.45. The largest absolute Gasteiger partial charge is 0.507 e. The van der Waals surface area contributed by atoms with Crippen LogP contribution in [0, 0.1) is 0 Å². The van der Waals surface area contributed by atoms with E-state index in [1.807, 2.05) is 0 Å². The van der Waals surface area contributed by atoms with Crippen molar-refractivity contribution in [3.63, 3.8) is 0 Å². The molecular weight excluding hydrogens is 324 g/mol. The summed E-state index contributed by atoms with van der Waals surface area (Å²) in [6.45, 7) is 0. The first-order valence-corrected chi connectivity index (χ1v) is 7.43. The summed E-state index contributed by atoms with van der Waals surface area (Å²) in [5.41, 5.74) is 0.726. The van der Waals surface area contributed by atoms with E-state index in [-0.39, 0.29) is 34.1 Å². The number of benzene rings is 2. The lowest BCUT2D eigenvalue weighted by atomic mass is 10.0. The highest BCUT2D eigenvalue weighted by atomic mass is 16.5. The van der Waals surface area contributed by atoms with Crippen LogP contribution >= 0.6 is 0 Å². The van der Waals surface area contributed by atoms with E-state index in [0.29, 0.717) is 10.9 Å². The van der Waals surface area contributed by atoms with Crippen LogP contribution in [0.5, 0.6) is 23.0 Å². The lowest BCUT2D eigenvalue weighted by Gasteiger charge is -2.13. The van der Waals surface area contributed by atoms with E-state index in [4.69, 9.17) is 13.9 Å². The number of aromatic hydroxyl groups is 2. The number of phenolic OH excluding ortho intramolecular Hbond substituents is 2. The molecular formula is C19H16O6. The van der Waals surface area contributed by atoms with Gasteiger partial charge in [-0.05, 0) is 24.3 Å². The molecule has 0 atom stereocenters. The lowest BCUT2D eigenvalue weighted by Crippen LogP contribution is -2.02. The van der Waals surface area contributed by atoms with E-state index in [1.54, 1.807) is 24.3 Å². The molecule has 0 aliphatic heterocycles. The number of para-hydroxylation sites is 1. The Morgan fingerprint density at radius 3 is 2.48 bits per heavy atom. The normalized spacial score (nSPS) is 11.1. The van der Waals surface area contributed by atoms with Crippen LogP contribution in [0.1, 0.15) is 15.9 Å². The number of rotatable bonds is 5. The number of hydrogen-bond acceptors (Lipinski definition) is 6. The van der Waals surface area contributed by atoms with Gasteiger partial charge in [-0.3, -0.25) is 4.79 Å². The Kier molecular flexibility index (Phi) is 4.35. The van der Waals surface area contributed by atoms with Crippen molar-refractivity contribution in [1.82, 2.24) is 0 Å². The predicted molar refractivity (Wildman–Crippen MR) is 92.5 cm³/mol. The van der Waals surface area contributed by atoms with Gasteiger partial charge < -0.3 is 24.1 Å². The molecule has 0 saturated heterocycles. The van der Waals surface area contributed by atoms with E-state index in [2.05, 4.69) is 0 Å². The molecule has 6 heteroatoms. The van der Waals surface area contributed by atoms with Crippen LogP contribution in [0.25, 0.3) is 17.0 Å². The van der Waals surface area contributed by atoms with E-state index < -0.39 is 5.78 Å². The van der Waals surface area contributed by atoms with Gasteiger partial charge in [-0.15, -0.1) is 0 Å². The first-order valence-electron chi connectivity index (χ1n) is 7.43. The topological polar surface area (TPSA) is 89.1 Å². The standard InChI is InChI=1S/C19H16O6/c1-23-17-12-9-10-25-18(12)19(24-2)16(22)15(17)14(21)8-7-11-5-3-4-6-13(11)20/h3-10,20,22H,1-2H3. The zero-order chi connectivity index (χ0) is 18.0. The third kappa shape index (κ3) is 2.78. The second-order valence-corrected chi connectivity index (χ2v) is 5.21. The Morgan fingerprint density at radius 2 is 1.80 bits per heavy atom. The van der Waals surface area contributed by atoms with E-state index in [0.717, 1.165) is 0 Å². The van der Waals surface area contributed by atoms with Gasteiger partial charge in [0.1, 0.15) is 17.1 Å². The van der Waals surface area contributed by atoms with Gasteiger partial charge in [0.05, 0.1) is 25.9 Å². The molecule has 0 radical (unpaired) electrons. The van der Waals surface area contributed by atoms with Crippen LogP contribution in [0.2, 0.25) is 0 Å². The molecule has 3 rings (SSSR count). The maximum absolute atomic E-state index is 12.7. The van der Waals surface area contributed by atoms with Crippen LogP contribution in [0.3, 0.4) is 0 Å². The Hall–Kier alpha value is -3.41. The van der Waals surface area contributed by atoms with Crippen molar-refractivity contribution in [3.05, 3.63) is 53.8 Å². The van der Waals surface area contributed by atoms with Crippen molar-refractivity contribution in [2.45, 2.75) is 0 Å². The number of carbonyl (C=O) groups excluding carboxylic acids is 1. The third-order valence-electron chi connectivity index (χ3n) is 3.80. The lowest BCUT2D eigenvalue weighted by molar-refractivity contribution is 0.104. The minimum absolute atomic E-state index is 0.0417. The molecule has 0 amide bonds. The summed E-state index contributed by atoms with van der Waals surface area (Å²) in [4.78, 5) is 12.7. The van der Waals surface area contributed by atoms with Crippen LogP contribution in [-0.2, 0) is 0 Å². The van der Waals surface area contributed by atoms with Crippen molar-refractivity contribution in [2.75, 3.05) is 14.2 Å². The van der Waals surface area contributed by atoms with Crippen LogP contribution in [0.15, 0.2) is 47.1 Å². The number of carbonyl (C=O) groups is 1. The van der Waals surface area contributed by atoms with E-state index >= 15 is 0 Å². The summed E-state index contributed by atoms with van der Waals surface area (Å²) >= 11 is 0. The first kappa shape index (κ1) is 16.4. The minimum atomic E-state index is -0.501. The molecule has 128 valence electrons. The number of furan rings is 1. The van der Waals surface area contributed by atoms with Gasteiger partial charge in [-0.1, -0.05) is 18.2 Å². The SMILES string of the molecule is COc1c(C(=O)C=Cc2ccccc2O)c(O)c(OC)c2occc12. The minimum Gasteiger partial charge on any atom is -0.507 e. The summed E-state index contributed by atoms with van der Waals surface area (Å²) < 4.78 is 15.8. The molecule has 0 aliphatic rings. The van der Waals surface area contributed by atoms with Gasteiger partial charge in [0.2, 0.25) is 5.75 Å². The summed E-state index contributed by atoms with van der Waals surface area (Å²) in [5, 5.41) is 20.8. The molecule has 0 unspecified atom stereocenters. The smallest absolute Gasteiger partial charge is 0.205 e. The quantitative estimate of drug-likeness (QED) is 0.543. The Morgan fingerprint density at radius 1 is 1.08 bits per heavy atom. The average molecular weight is 340 g/mol. The zero-order valence-electron chi connectivity index (χ0n) is 13.6. The van der Waals surface area contributed by atoms with Crippen LogP contribution in [-0.4, -0.2) is 30.2 Å². The number of ketones is 1. The Balaban J connectivity index is 2.12. The molecule has 1 heterocycles. The summed E-state index contributed by atoms with van der Waals surface area (Å²) in [6, 6.07) is 8.22. The second kappa shape index (κ2) is 6.60. The van der Waals surface area contributed by atoms with E-state index in [1.165, 1.54) is 38.7 Å². The first-order chi connectivity index (χ1) is 12.1. The van der Waals surface area contributed by atoms with Gasteiger partial charge in [-0.2, -0.15) is 0 Å². The molecule has 0 bridgehead atoms. The summed E-state index contributed by atoms with van der Waals surface area (Å²) in [6.07, 6.45) is 4.13. The molecule has 0 aliphatic carbocycles. The Bertz CT molecular complexity index is 967. The fourth-order valence-electron chi connectivity index (χ4n) is 2.63. The summed E-state index contributed by atoms with van der Waals surface area (Å²) in [7, 11) is 2.77. The monoisotopic (exact) mass is 340 g/mol. The number of methoxy groups -OCH3 is 2. The Labute approximate surface area is 143 Å². The molecule has 2 aromatic carbocycles. The number of fused-ring (bicyclic) bond motifs is 1. The predicted octanol–water partition coefficient (Wildman–Crippen LogP) is 3.76. The number of allylic oxidation sites excluding steroid dienone is 1. The molecule has 0 spiro atoms.